The Balaban J connectivity index is 2.06. The van der Waals surface area contributed by atoms with Crippen LogP contribution in [0, 0.1) is 0 Å². The first kappa shape index (κ1) is 13.5. The Morgan fingerprint density at radius 1 is 1.24 bits per heavy atom. The number of nitrogens with zero attached hydrogens (tertiary/aromatic N) is 3. The second kappa shape index (κ2) is 5.51. The molecule has 0 unspecified atom stereocenters. The number of aromatic nitrogens is 3. The number of hydrazine groups is 1. The number of rotatable bonds is 3. The average molecular weight is 302 g/mol. The van der Waals surface area contributed by atoms with E-state index >= 15 is 0 Å². The number of nitrogens with two attached hydrogens (primary N) is 1. The highest BCUT2D eigenvalue weighted by molar-refractivity contribution is 6.31. The van der Waals surface area contributed by atoms with Crippen LogP contribution in [0.5, 0.6) is 0 Å². The van der Waals surface area contributed by atoms with E-state index in [1.54, 1.807) is 30.3 Å². The van der Waals surface area contributed by atoms with Gasteiger partial charge in [-0.3, -0.25) is 9.36 Å². The van der Waals surface area contributed by atoms with Crippen LogP contribution in [0.4, 0.5) is 5.82 Å². The third kappa shape index (κ3) is 2.58. The molecule has 0 spiro atoms. The van der Waals surface area contributed by atoms with Crippen LogP contribution in [0.2, 0.25) is 5.02 Å². The van der Waals surface area contributed by atoms with Crippen molar-refractivity contribution in [3.63, 3.8) is 0 Å². The fourth-order valence-corrected chi connectivity index (χ4v) is 2.22. The van der Waals surface area contributed by atoms with Crippen molar-refractivity contribution in [1.29, 1.82) is 0 Å². The van der Waals surface area contributed by atoms with Gasteiger partial charge in [-0.05, 0) is 24.3 Å². The van der Waals surface area contributed by atoms with Crippen LogP contribution in [-0.2, 0) is 6.54 Å². The molecular formula is C14H12ClN5O. The summed E-state index contributed by atoms with van der Waals surface area (Å²) in [5, 5.41) is 1.03. The molecular weight excluding hydrogens is 290 g/mol. The van der Waals surface area contributed by atoms with Gasteiger partial charge >= 0.3 is 0 Å². The third-order valence-electron chi connectivity index (χ3n) is 3.12. The van der Waals surface area contributed by atoms with Gasteiger partial charge in [0.1, 0.15) is 5.82 Å². The van der Waals surface area contributed by atoms with Gasteiger partial charge in [-0.2, -0.15) is 0 Å². The number of halogens is 1. The molecule has 3 aromatic rings. The Morgan fingerprint density at radius 2 is 2.05 bits per heavy atom. The third-order valence-corrected chi connectivity index (χ3v) is 3.46. The monoisotopic (exact) mass is 301 g/mol. The number of pyridine rings is 1. The molecule has 6 nitrogen and oxygen atoms in total. The molecule has 0 radical (unpaired) electrons. The van der Waals surface area contributed by atoms with Gasteiger partial charge in [-0.25, -0.2) is 15.8 Å². The van der Waals surface area contributed by atoms with Crippen LogP contribution in [0.15, 0.2) is 47.5 Å². The van der Waals surface area contributed by atoms with Gasteiger partial charge < -0.3 is 5.43 Å². The molecule has 21 heavy (non-hydrogen) atoms. The molecule has 3 N–H and O–H groups in total. The standard InChI is InChI=1S/C14H12ClN5O/c15-10-5-6-13(19-16)18-12(10)7-20-8-17-11-4-2-1-3-9(11)14(20)21/h1-6,8H,7,16H2,(H,18,19). The zero-order valence-corrected chi connectivity index (χ0v) is 11.7. The number of nitrogen functional groups attached to an aromatic ring is 1. The predicted molar refractivity (Wildman–Crippen MR) is 82.2 cm³/mol. The molecule has 0 saturated carbocycles. The minimum absolute atomic E-state index is 0.135. The van der Waals surface area contributed by atoms with E-state index < -0.39 is 0 Å². The van der Waals surface area contributed by atoms with E-state index in [2.05, 4.69) is 15.4 Å². The lowest BCUT2D eigenvalue weighted by Crippen LogP contribution is -2.22. The Bertz CT molecular complexity index is 861. The Hall–Kier alpha value is -2.44. The quantitative estimate of drug-likeness (QED) is 0.569. The summed E-state index contributed by atoms with van der Waals surface area (Å²) in [4.78, 5) is 20.9. The van der Waals surface area contributed by atoms with E-state index in [9.17, 15) is 4.79 Å². The maximum atomic E-state index is 12.4. The lowest BCUT2D eigenvalue weighted by Gasteiger charge is -2.09. The summed E-state index contributed by atoms with van der Waals surface area (Å²) in [7, 11) is 0. The van der Waals surface area contributed by atoms with Gasteiger partial charge in [0.2, 0.25) is 0 Å². The van der Waals surface area contributed by atoms with Crippen molar-refractivity contribution in [1.82, 2.24) is 14.5 Å². The van der Waals surface area contributed by atoms with E-state index in [0.29, 0.717) is 27.4 Å². The highest BCUT2D eigenvalue weighted by Crippen LogP contribution is 2.17. The molecule has 1 aromatic carbocycles. The molecule has 2 aromatic heterocycles. The number of hydrogen-bond donors (Lipinski definition) is 2. The van der Waals surface area contributed by atoms with Crippen LogP contribution in [-0.4, -0.2) is 14.5 Å². The summed E-state index contributed by atoms with van der Waals surface area (Å²) < 4.78 is 1.47. The Morgan fingerprint density at radius 3 is 2.86 bits per heavy atom. The number of hydrogen-bond acceptors (Lipinski definition) is 5. The molecule has 0 bridgehead atoms. The first-order valence-electron chi connectivity index (χ1n) is 6.25. The van der Waals surface area contributed by atoms with Crippen LogP contribution < -0.4 is 16.8 Å². The Labute approximate surface area is 125 Å². The summed E-state index contributed by atoms with van der Waals surface area (Å²) in [5.74, 6) is 5.81. The molecule has 0 amide bonds. The summed E-state index contributed by atoms with van der Waals surface area (Å²) in [6.07, 6.45) is 1.49. The van der Waals surface area contributed by atoms with Crippen molar-refractivity contribution < 1.29 is 0 Å². The van der Waals surface area contributed by atoms with Crippen molar-refractivity contribution >= 4 is 28.3 Å². The highest BCUT2D eigenvalue weighted by Gasteiger charge is 2.08. The van der Waals surface area contributed by atoms with Gasteiger partial charge in [0.15, 0.2) is 0 Å². The zero-order chi connectivity index (χ0) is 14.8. The number of benzene rings is 1. The molecule has 0 atom stereocenters. The summed E-state index contributed by atoms with van der Waals surface area (Å²) in [6, 6.07) is 10.5. The second-order valence-electron chi connectivity index (χ2n) is 4.46. The zero-order valence-electron chi connectivity index (χ0n) is 11.0. The fourth-order valence-electron chi connectivity index (χ4n) is 2.06. The topological polar surface area (TPSA) is 85.8 Å². The second-order valence-corrected chi connectivity index (χ2v) is 4.87. The minimum atomic E-state index is -0.135. The predicted octanol–water partition coefficient (Wildman–Crippen LogP) is 1.78. The van der Waals surface area contributed by atoms with Crippen molar-refractivity contribution in [2.24, 2.45) is 5.84 Å². The van der Waals surface area contributed by atoms with Crippen molar-refractivity contribution in [2.75, 3.05) is 5.43 Å². The van der Waals surface area contributed by atoms with Gasteiger partial charge in [0.25, 0.3) is 5.56 Å². The van der Waals surface area contributed by atoms with Crippen molar-refractivity contribution in [3.05, 3.63) is 63.8 Å². The van der Waals surface area contributed by atoms with E-state index in [1.165, 1.54) is 10.9 Å². The summed E-state index contributed by atoms with van der Waals surface area (Å²) in [6.45, 7) is 0.227. The number of para-hydroxylation sites is 1. The van der Waals surface area contributed by atoms with Crippen molar-refractivity contribution in [2.45, 2.75) is 6.54 Å². The molecule has 3 rings (SSSR count). The maximum absolute atomic E-state index is 12.4. The van der Waals surface area contributed by atoms with Crippen molar-refractivity contribution in [3.8, 4) is 0 Å². The molecule has 0 aliphatic heterocycles. The van der Waals surface area contributed by atoms with Gasteiger partial charge in [-0.1, -0.05) is 23.7 Å². The smallest absolute Gasteiger partial charge is 0.261 e. The molecule has 7 heteroatoms. The number of anilines is 1. The average Bonchev–Trinajstić information content (AvgIpc) is 2.52. The lowest BCUT2D eigenvalue weighted by atomic mass is 10.2. The lowest BCUT2D eigenvalue weighted by molar-refractivity contribution is 0.730. The normalized spacial score (nSPS) is 10.8. The first-order valence-corrected chi connectivity index (χ1v) is 6.63. The summed E-state index contributed by atoms with van der Waals surface area (Å²) in [5.41, 5.74) is 3.53. The van der Waals surface area contributed by atoms with Crippen LogP contribution in [0.3, 0.4) is 0 Å². The highest BCUT2D eigenvalue weighted by atomic mass is 35.5. The number of nitrogens with one attached hydrogen (secondary N) is 1. The maximum Gasteiger partial charge on any atom is 0.261 e. The molecule has 0 aliphatic carbocycles. The van der Waals surface area contributed by atoms with Crippen LogP contribution in [0.25, 0.3) is 10.9 Å². The Kier molecular flexibility index (Phi) is 3.55. The first-order chi connectivity index (χ1) is 10.2. The van der Waals surface area contributed by atoms with E-state index in [4.69, 9.17) is 17.4 Å². The fraction of sp³-hybridized carbons (Fsp3) is 0.0714. The molecule has 106 valence electrons. The summed E-state index contributed by atoms with van der Waals surface area (Å²) >= 11 is 6.11. The van der Waals surface area contributed by atoms with Gasteiger partial charge in [-0.15, -0.1) is 0 Å². The van der Waals surface area contributed by atoms with Crippen LogP contribution in [0.1, 0.15) is 5.69 Å². The van der Waals surface area contributed by atoms with Gasteiger partial charge in [0.05, 0.1) is 34.5 Å². The largest absolute Gasteiger partial charge is 0.308 e. The minimum Gasteiger partial charge on any atom is -0.308 e. The molecule has 0 fully saturated rings. The van der Waals surface area contributed by atoms with Gasteiger partial charge in [0, 0.05) is 0 Å². The number of fused-ring (bicyclic) bond motifs is 1. The van der Waals surface area contributed by atoms with E-state index in [0.717, 1.165) is 0 Å². The molecule has 0 aliphatic rings. The van der Waals surface area contributed by atoms with E-state index in [1.807, 2.05) is 6.07 Å². The van der Waals surface area contributed by atoms with Crippen LogP contribution >= 0.6 is 11.6 Å². The van der Waals surface area contributed by atoms with E-state index in [-0.39, 0.29) is 12.1 Å². The molecule has 2 heterocycles. The SMILES string of the molecule is NNc1ccc(Cl)c(Cn2cnc3ccccc3c2=O)n1. The molecule has 0 saturated heterocycles.